The number of para-hydroxylation sites is 2. The van der Waals surface area contributed by atoms with Gasteiger partial charge < -0.3 is 10.1 Å². The van der Waals surface area contributed by atoms with Crippen molar-refractivity contribution in [1.29, 1.82) is 0 Å². The van der Waals surface area contributed by atoms with Crippen LogP contribution in [0.25, 0.3) is 22.3 Å². The van der Waals surface area contributed by atoms with E-state index in [0.717, 1.165) is 4.68 Å². The van der Waals surface area contributed by atoms with E-state index in [1.807, 2.05) is 36.4 Å². The second-order valence-corrected chi connectivity index (χ2v) is 9.35. The lowest BCUT2D eigenvalue weighted by atomic mass is 10.2. The quantitative estimate of drug-likeness (QED) is 0.140. The zero-order chi connectivity index (χ0) is 28.1. The Labute approximate surface area is 235 Å². The summed E-state index contributed by atoms with van der Waals surface area (Å²) in [5.74, 6) is -0.270. The highest BCUT2D eigenvalue weighted by molar-refractivity contribution is 9.10. The van der Waals surface area contributed by atoms with Gasteiger partial charge in [0.25, 0.3) is 11.5 Å². The van der Waals surface area contributed by atoms with Gasteiger partial charge in [-0.3, -0.25) is 19.7 Å². The van der Waals surface area contributed by atoms with Crippen LogP contribution in [0.2, 0.25) is 0 Å². The molecule has 4 aromatic carbocycles. The Kier molecular flexibility index (Phi) is 7.74. The molecule has 1 heterocycles. The first kappa shape index (κ1) is 26.4. The number of halogens is 1. The van der Waals surface area contributed by atoms with Gasteiger partial charge in [0.15, 0.2) is 12.4 Å². The number of ether oxygens (including phenoxy) is 1. The number of nitrogens with one attached hydrogen (secondary N) is 1. The van der Waals surface area contributed by atoms with Crippen molar-refractivity contribution in [3.05, 3.63) is 128 Å². The van der Waals surface area contributed by atoms with Gasteiger partial charge in [-0.05, 0) is 46.3 Å². The predicted octanol–water partition coefficient (Wildman–Crippen LogP) is 5.63. The van der Waals surface area contributed by atoms with Gasteiger partial charge in [0.05, 0.1) is 26.5 Å². The molecule has 0 fully saturated rings. The molecule has 1 aromatic heterocycles. The number of carbonyl (C=O) groups is 1. The minimum absolute atomic E-state index is 0.111. The molecular formula is C29H20BrN5O5. The van der Waals surface area contributed by atoms with Gasteiger partial charge in [-0.25, -0.2) is 4.98 Å². The number of nitro benzene ring substituents is 1. The van der Waals surface area contributed by atoms with E-state index in [9.17, 15) is 19.7 Å². The van der Waals surface area contributed by atoms with Crippen LogP contribution in [0, 0.1) is 10.1 Å². The summed E-state index contributed by atoms with van der Waals surface area (Å²) in [6.07, 6.45) is 1.33. The summed E-state index contributed by atoms with van der Waals surface area (Å²) in [7, 11) is 0. The Morgan fingerprint density at radius 3 is 2.42 bits per heavy atom. The average Bonchev–Trinajstić information content (AvgIpc) is 2.96. The Bertz CT molecular complexity index is 1810. The van der Waals surface area contributed by atoms with E-state index in [1.54, 1.807) is 54.6 Å². The van der Waals surface area contributed by atoms with Gasteiger partial charge in [-0.2, -0.15) is 9.78 Å². The molecule has 1 N–H and O–H groups in total. The largest absolute Gasteiger partial charge is 0.476 e. The molecule has 10 nitrogen and oxygen atoms in total. The van der Waals surface area contributed by atoms with Crippen molar-refractivity contribution in [2.45, 2.75) is 0 Å². The Balaban J connectivity index is 1.47. The van der Waals surface area contributed by atoms with Crippen molar-refractivity contribution >= 4 is 50.3 Å². The maximum atomic E-state index is 13.4. The lowest BCUT2D eigenvalue weighted by molar-refractivity contribution is -0.385. The molecule has 0 bridgehead atoms. The van der Waals surface area contributed by atoms with Crippen molar-refractivity contribution in [2.24, 2.45) is 5.10 Å². The monoisotopic (exact) mass is 597 g/mol. The van der Waals surface area contributed by atoms with Crippen LogP contribution >= 0.6 is 15.9 Å². The van der Waals surface area contributed by atoms with Crippen LogP contribution < -0.4 is 15.6 Å². The molecule has 0 aliphatic carbocycles. The summed E-state index contributed by atoms with van der Waals surface area (Å²) < 4.78 is 6.92. The van der Waals surface area contributed by atoms with Gasteiger partial charge in [-0.15, -0.1) is 0 Å². The molecule has 5 aromatic rings. The molecule has 0 saturated heterocycles. The second kappa shape index (κ2) is 11.7. The van der Waals surface area contributed by atoms with Crippen molar-refractivity contribution in [3.8, 4) is 17.1 Å². The molecule has 0 unspecified atom stereocenters. The molecule has 40 heavy (non-hydrogen) atoms. The third-order valence-corrected chi connectivity index (χ3v) is 6.35. The number of fused-ring (bicyclic) bond motifs is 1. The highest BCUT2D eigenvalue weighted by atomic mass is 79.9. The summed E-state index contributed by atoms with van der Waals surface area (Å²) in [6, 6.07) is 27.6. The number of hydrogen-bond donors (Lipinski definition) is 1. The van der Waals surface area contributed by atoms with Crippen LogP contribution in [-0.4, -0.2) is 33.3 Å². The van der Waals surface area contributed by atoms with Gasteiger partial charge in [0.2, 0.25) is 5.75 Å². The second-order valence-electron chi connectivity index (χ2n) is 8.49. The standard InChI is InChI=1S/C29H20BrN5O5/c30-23-15-19(16-25(35(38)39)27(23)40-18-26(36)32-21-11-5-2-6-12-21)17-31-34-28(20-9-3-1-4-10-20)33-24-14-8-7-13-22(24)29(34)37/h1-17H,18H2,(H,32,36). The lowest BCUT2D eigenvalue weighted by Gasteiger charge is -2.11. The summed E-state index contributed by atoms with van der Waals surface area (Å²) in [4.78, 5) is 41.5. The molecule has 0 spiro atoms. The first-order valence-corrected chi connectivity index (χ1v) is 12.8. The van der Waals surface area contributed by atoms with Crippen molar-refractivity contribution in [1.82, 2.24) is 9.66 Å². The summed E-state index contributed by atoms with van der Waals surface area (Å²) >= 11 is 3.30. The van der Waals surface area contributed by atoms with Gasteiger partial charge in [0.1, 0.15) is 0 Å². The maximum Gasteiger partial charge on any atom is 0.312 e. The number of nitro groups is 1. The highest BCUT2D eigenvalue weighted by Crippen LogP contribution is 2.36. The van der Waals surface area contributed by atoms with Crippen LogP contribution in [0.5, 0.6) is 5.75 Å². The molecule has 0 radical (unpaired) electrons. The first-order chi connectivity index (χ1) is 19.4. The molecule has 0 aliphatic rings. The van der Waals surface area contributed by atoms with Crippen LogP contribution in [0.15, 0.2) is 111 Å². The van der Waals surface area contributed by atoms with E-state index in [-0.39, 0.29) is 15.9 Å². The fraction of sp³-hybridized carbons (Fsp3) is 0.0345. The third-order valence-electron chi connectivity index (χ3n) is 5.76. The normalized spacial score (nSPS) is 11.0. The number of carbonyl (C=O) groups excluding carboxylic acids is 1. The number of anilines is 1. The number of aromatic nitrogens is 2. The molecule has 0 atom stereocenters. The third kappa shape index (κ3) is 5.79. The van der Waals surface area contributed by atoms with Crippen molar-refractivity contribution < 1.29 is 14.5 Å². The molecule has 1 amide bonds. The summed E-state index contributed by atoms with van der Waals surface area (Å²) in [5, 5.41) is 19.3. The van der Waals surface area contributed by atoms with Gasteiger partial charge in [-0.1, -0.05) is 60.7 Å². The van der Waals surface area contributed by atoms with Gasteiger partial charge >= 0.3 is 5.69 Å². The van der Waals surface area contributed by atoms with Crippen molar-refractivity contribution in [2.75, 3.05) is 11.9 Å². The summed E-state index contributed by atoms with van der Waals surface area (Å²) in [5.41, 5.74) is 1.32. The zero-order valence-corrected chi connectivity index (χ0v) is 22.3. The molecule has 11 heteroatoms. The number of benzene rings is 4. The average molecular weight is 598 g/mol. The Morgan fingerprint density at radius 2 is 1.70 bits per heavy atom. The lowest BCUT2D eigenvalue weighted by Crippen LogP contribution is -2.20. The molecule has 198 valence electrons. The van der Waals surface area contributed by atoms with E-state index in [1.165, 1.54) is 12.3 Å². The molecule has 0 saturated carbocycles. The smallest absolute Gasteiger partial charge is 0.312 e. The van der Waals surface area contributed by atoms with Crippen LogP contribution in [0.4, 0.5) is 11.4 Å². The summed E-state index contributed by atoms with van der Waals surface area (Å²) in [6.45, 7) is -0.444. The number of nitrogens with zero attached hydrogens (tertiary/aromatic N) is 4. The molecular weight excluding hydrogens is 578 g/mol. The Morgan fingerprint density at radius 1 is 1.02 bits per heavy atom. The van der Waals surface area contributed by atoms with E-state index in [2.05, 4.69) is 31.3 Å². The first-order valence-electron chi connectivity index (χ1n) is 12.0. The van der Waals surface area contributed by atoms with E-state index in [0.29, 0.717) is 33.5 Å². The number of hydrogen-bond acceptors (Lipinski definition) is 7. The van der Waals surface area contributed by atoms with Crippen LogP contribution in [0.3, 0.4) is 0 Å². The van der Waals surface area contributed by atoms with Crippen LogP contribution in [0.1, 0.15) is 5.56 Å². The fourth-order valence-electron chi connectivity index (χ4n) is 3.94. The van der Waals surface area contributed by atoms with Crippen molar-refractivity contribution in [3.63, 3.8) is 0 Å². The Hall–Kier alpha value is -5.16. The topological polar surface area (TPSA) is 129 Å². The van der Waals surface area contributed by atoms with E-state index in [4.69, 9.17) is 4.74 Å². The number of amides is 1. The molecule has 5 rings (SSSR count). The van der Waals surface area contributed by atoms with Gasteiger partial charge in [0, 0.05) is 22.9 Å². The maximum absolute atomic E-state index is 13.4. The fourth-order valence-corrected chi connectivity index (χ4v) is 4.52. The van der Waals surface area contributed by atoms with E-state index < -0.39 is 23.0 Å². The van der Waals surface area contributed by atoms with Crippen LogP contribution in [-0.2, 0) is 4.79 Å². The SMILES string of the molecule is O=C(COc1c(Br)cc(C=Nn2c(-c3ccccc3)nc3ccccc3c2=O)cc1[N+](=O)[O-])Nc1ccccc1. The zero-order valence-electron chi connectivity index (χ0n) is 20.7. The number of rotatable bonds is 8. The van der Waals surface area contributed by atoms with E-state index >= 15 is 0 Å². The highest BCUT2D eigenvalue weighted by Gasteiger charge is 2.21. The predicted molar refractivity (Wildman–Crippen MR) is 156 cm³/mol. The molecule has 0 aliphatic heterocycles. The minimum Gasteiger partial charge on any atom is -0.476 e. The minimum atomic E-state index is -0.619.